The van der Waals surface area contributed by atoms with Gasteiger partial charge in [-0.05, 0) is 45.4 Å². The van der Waals surface area contributed by atoms with E-state index in [0.717, 1.165) is 56.1 Å². The molecule has 2 saturated carbocycles. The summed E-state index contributed by atoms with van der Waals surface area (Å²) in [5.74, 6) is 3.29. The van der Waals surface area contributed by atoms with Gasteiger partial charge in [-0.1, -0.05) is 0 Å². The molecule has 5 heteroatoms. The highest BCUT2D eigenvalue weighted by Gasteiger charge is 2.36. The van der Waals surface area contributed by atoms with E-state index in [2.05, 4.69) is 22.9 Å². The molecule has 0 N–H and O–H groups in total. The second kappa shape index (κ2) is 5.77. The van der Waals surface area contributed by atoms with Gasteiger partial charge in [0.05, 0.1) is 0 Å². The molecule has 23 heavy (non-hydrogen) atoms. The summed E-state index contributed by atoms with van der Waals surface area (Å²) >= 11 is 0. The summed E-state index contributed by atoms with van der Waals surface area (Å²) in [5.41, 5.74) is 1.06. The molecule has 2 heterocycles. The van der Waals surface area contributed by atoms with Crippen LogP contribution in [0, 0.1) is 12.8 Å². The maximum Gasteiger partial charge on any atom is 0.225 e. The van der Waals surface area contributed by atoms with Crippen molar-refractivity contribution in [2.45, 2.75) is 57.4 Å². The van der Waals surface area contributed by atoms with Gasteiger partial charge < -0.3 is 9.80 Å². The van der Waals surface area contributed by atoms with Gasteiger partial charge in [0.25, 0.3) is 0 Å². The number of aryl methyl sites for hydroxylation is 1. The third kappa shape index (κ3) is 3.19. The summed E-state index contributed by atoms with van der Waals surface area (Å²) in [5, 5.41) is 0. The van der Waals surface area contributed by atoms with Crippen LogP contribution in [0.4, 0.5) is 5.82 Å². The van der Waals surface area contributed by atoms with Crippen LogP contribution in [-0.2, 0) is 4.79 Å². The van der Waals surface area contributed by atoms with Crippen molar-refractivity contribution in [2.24, 2.45) is 5.92 Å². The van der Waals surface area contributed by atoms with E-state index in [1.165, 1.54) is 12.8 Å². The van der Waals surface area contributed by atoms with Crippen LogP contribution in [0.5, 0.6) is 0 Å². The molecule has 3 aliphatic rings. The van der Waals surface area contributed by atoms with Crippen molar-refractivity contribution in [3.05, 3.63) is 17.6 Å². The number of aromatic nitrogens is 2. The fourth-order valence-electron chi connectivity index (χ4n) is 3.54. The molecule has 1 amide bonds. The number of anilines is 1. The normalized spacial score (nSPS) is 24.6. The second-order valence-electron chi connectivity index (χ2n) is 7.47. The molecule has 1 saturated heterocycles. The van der Waals surface area contributed by atoms with Crippen LogP contribution < -0.4 is 4.90 Å². The molecule has 5 nitrogen and oxygen atoms in total. The molecule has 3 fully saturated rings. The third-order valence-electron chi connectivity index (χ3n) is 5.34. The van der Waals surface area contributed by atoms with Crippen LogP contribution in [0.25, 0.3) is 0 Å². The molecule has 1 aromatic heterocycles. The average Bonchev–Trinajstić information content (AvgIpc) is 3.45. The van der Waals surface area contributed by atoms with Crippen molar-refractivity contribution in [2.75, 3.05) is 25.0 Å². The Balaban J connectivity index is 1.49. The van der Waals surface area contributed by atoms with Gasteiger partial charge in [-0.2, -0.15) is 0 Å². The number of nitrogens with zero attached hydrogens (tertiary/aromatic N) is 4. The van der Waals surface area contributed by atoms with Gasteiger partial charge in [-0.25, -0.2) is 9.97 Å². The molecule has 124 valence electrons. The monoisotopic (exact) mass is 314 g/mol. The number of hydrogen-bond acceptors (Lipinski definition) is 4. The Morgan fingerprint density at radius 3 is 2.70 bits per heavy atom. The van der Waals surface area contributed by atoms with Crippen molar-refractivity contribution >= 4 is 11.7 Å². The zero-order valence-corrected chi connectivity index (χ0v) is 14.2. The van der Waals surface area contributed by atoms with Crippen LogP contribution in [-0.4, -0.2) is 47.0 Å². The Hall–Kier alpha value is -1.65. The van der Waals surface area contributed by atoms with Crippen LogP contribution in [0.2, 0.25) is 0 Å². The number of hydrogen-bond donors (Lipinski definition) is 0. The highest BCUT2D eigenvalue weighted by Crippen LogP contribution is 2.39. The van der Waals surface area contributed by atoms with Crippen molar-refractivity contribution in [1.82, 2.24) is 14.9 Å². The van der Waals surface area contributed by atoms with Crippen molar-refractivity contribution in [1.29, 1.82) is 0 Å². The zero-order valence-electron chi connectivity index (χ0n) is 14.2. The smallest absolute Gasteiger partial charge is 0.225 e. The molecule has 0 aromatic carbocycles. The number of likely N-dealkylation sites (N-methyl/N-ethyl adjacent to an activating group) is 1. The van der Waals surface area contributed by atoms with Gasteiger partial charge in [-0.15, -0.1) is 0 Å². The Bertz CT molecular complexity index is 609. The molecule has 0 radical (unpaired) electrons. The summed E-state index contributed by atoms with van der Waals surface area (Å²) in [6, 6.07) is 2.41. The zero-order chi connectivity index (χ0) is 16.0. The van der Waals surface area contributed by atoms with Crippen LogP contribution in [0.1, 0.15) is 56.0 Å². The number of carbonyl (C=O) groups excluding carboxylic acids is 1. The van der Waals surface area contributed by atoms with E-state index in [9.17, 15) is 4.79 Å². The Labute approximate surface area is 138 Å². The lowest BCUT2D eigenvalue weighted by Crippen LogP contribution is -2.49. The lowest BCUT2D eigenvalue weighted by Gasteiger charge is -2.38. The standard InChI is InChI=1S/C18H26N4O/c1-12-10-16(20-17(19-12)13-5-6-13)22-9-3-4-15(11-22)21(2)18(23)14-7-8-14/h10,13-15H,3-9,11H2,1-2H3. The first kappa shape index (κ1) is 14.9. The van der Waals surface area contributed by atoms with E-state index in [0.29, 0.717) is 23.8 Å². The third-order valence-corrected chi connectivity index (χ3v) is 5.34. The quantitative estimate of drug-likeness (QED) is 0.857. The van der Waals surface area contributed by atoms with Crippen molar-refractivity contribution in [3.8, 4) is 0 Å². The summed E-state index contributed by atoms with van der Waals surface area (Å²) in [6.45, 7) is 3.99. The van der Waals surface area contributed by atoms with E-state index < -0.39 is 0 Å². The minimum absolute atomic E-state index is 0.304. The molecule has 1 aliphatic heterocycles. The number of carbonyl (C=O) groups is 1. The van der Waals surface area contributed by atoms with Crippen LogP contribution in [0.3, 0.4) is 0 Å². The van der Waals surface area contributed by atoms with Gasteiger partial charge in [0.1, 0.15) is 11.6 Å². The van der Waals surface area contributed by atoms with Gasteiger partial charge in [0.2, 0.25) is 5.91 Å². The highest BCUT2D eigenvalue weighted by molar-refractivity contribution is 5.81. The molecule has 1 aromatic rings. The molecule has 4 rings (SSSR count). The van der Waals surface area contributed by atoms with Crippen LogP contribution in [0.15, 0.2) is 6.07 Å². The summed E-state index contributed by atoms with van der Waals surface area (Å²) in [7, 11) is 1.98. The molecular weight excluding hydrogens is 288 g/mol. The first-order valence-electron chi connectivity index (χ1n) is 8.99. The molecule has 0 spiro atoms. The minimum atomic E-state index is 0.304. The first-order valence-corrected chi connectivity index (χ1v) is 8.99. The first-order chi connectivity index (χ1) is 11.1. The lowest BCUT2D eigenvalue weighted by molar-refractivity contribution is -0.133. The van der Waals surface area contributed by atoms with E-state index in [-0.39, 0.29) is 0 Å². The predicted molar refractivity (Wildman–Crippen MR) is 89.5 cm³/mol. The maximum atomic E-state index is 12.3. The summed E-state index contributed by atoms with van der Waals surface area (Å²) < 4.78 is 0. The Morgan fingerprint density at radius 2 is 2.00 bits per heavy atom. The van der Waals surface area contributed by atoms with Crippen molar-refractivity contribution in [3.63, 3.8) is 0 Å². The van der Waals surface area contributed by atoms with Gasteiger partial charge >= 0.3 is 0 Å². The van der Waals surface area contributed by atoms with Crippen LogP contribution >= 0.6 is 0 Å². The Kier molecular flexibility index (Phi) is 3.74. The van der Waals surface area contributed by atoms with Gasteiger partial charge in [0, 0.05) is 49.8 Å². The summed E-state index contributed by atoms with van der Waals surface area (Å²) in [6.07, 6.45) is 6.83. The average molecular weight is 314 g/mol. The molecule has 2 aliphatic carbocycles. The predicted octanol–water partition coefficient (Wildman–Crippen LogP) is 2.50. The van der Waals surface area contributed by atoms with E-state index in [1.54, 1.807) is 0 Å². The largest absolute Gasteiger partial charge is 0.354 e. The fourth-order valence-corrected chi connectivity index (χ4v) is 3.54. The summed E-state index contributed by atoms with van der Waals surface area (Å²) in [4.78, 5) is 26.1. The highest BCUT2D eigenvalue weighted by atomic mass is 16.2. The maximum absolute atomic E-state index is 12.3. The van der Waals surface area contributed by atoms with Gasteiger partial charge in [-0.3, -0.25) is 4.79 Å². The van der Waals surface area contributed by atoms with E-state index in [1.807, 2.05) is 11.9 Å². The SMILES string of the molecule is Cc1cc(N2CCCC(N(C)C(=O)C3CC3)C2)nc(C2CC2)n1. The van der Waals surface area contributed by atoms with Crippen molar-refractivity contribution < 1.29 is 4.79 Å². The van der Waals surface area contributed by atoms with E-state index in [4.69, 9.17) is 4.98 Å². The number of piperidine rings is 1. The lowest BCUT2D eigenvalue weighted by atomic mass is 10.0. The minimum Gasteiger partial charge on any atom is -0.354 e. The van der Waals surface area contributed by atoms with E-state index >= 15 is 0 Å². The second-order valence-corrected chi connectivity index (χ2v) is 7.47. The molecule has 1 atom stereocenters. The molecule has 0 bridgehead atoms. The topological polar surface area (TPSA) is 49.3 Å². The number of rotatable bonds is 4. The Morgan fingerprint density at radius 1 is 1.22 bits per heavy atom. The molecule has 1 unspecified atom stereocenters. The fraction of sp³-hybridized carbons (Fsp3) is 0.722. The number of amides is 1. The van der Waals surface area contributed by atoms with Gasteiger partial charge in [0.15, 0.2) is 0 Å². The molecular formula is C18H26N4O.